The first-order valence-corrected chi connectivity index (χ1v) is 16.0. The summed E-state index contributed by atoms with van der Waals surface area (Å²) in [6.07, 6.45) is 0. The zero-order chi connectivity index (χ0) is 31.3. The summed E-state index contributed by atoms with van der Waals surface area (Å²) in [7, 11) is 0. The Labute approximate surface area is 270 Å². The van der Waals surface area contributed by atoms with Crippen molar-refractivity contribution in [3.05, 3.63) is 169 Å². The Bertz CT molecular complexity index is 2300. The van der Waals surface area contributed by atoms with Gasteiger partial charge in [0.1, 0.15) is 0 Å². The summed E-state index contributed by atoms with van der Waals surface area (Å²) in [5.74, 6) is 0. The van der Waals surface area contributed by atoms with Gasteiger partial charge in [-0.15, -0.1) is 0 Å². The highest BCUT2D eigenvalue weighted by Crippen LogP contribution is 2.37. The van der Waals surface area contributed by atoms with Gasteiger partial charge in [0.25, 0.3) is 0 Å². The Morgan fingerprint density at radius 2 is 0.870 bits per heavy atom. The molecule has 8 aromatic rings. The minimum Gasteiger partial charge on any atom is -0.309 e. The Morgan fingerprint density at radius 3 is 1.48 bits per heavy atom. The van der Waals surface area contributed by atoms with Crippen LogP contribution in [-0.2, 0) is 5.41 Å². The normalized spacial score (nSPS) is 11.8. The monoisotopic (exact) mass is 592 g/mol. The topological polar surface area (TPSA) is 9.86 Å². The maximum Gasteiger partial charge on any atom is 0.0541 e. The predicted molar refractivity (Wildman–Crippen MR) is 195 cm³/mol. The van der Waals surface area contributed by atoms with Gasteiger partial charge in [-0.05, 0) is 87.8 Å². The van der Waals surface area contributed by atoms with Crippen molar-refractivity contribution in [1.29, 1.82) is 0 Å². The first-order valence-electron chi connectivity index (χ1n) is 16.0. The molecule has 0 unspecified atom stereocenters. The van der Waals surface area contributed by atoms with Gasteiger partial charge < -0.3 is 9.13 Å². The molecular weight excluding hydrogens is 556 g/mol. The summed E-state index contributed by atoms with van der Waals surface area (Å²) in [4.78, 5) is 0. The number of hydrogen-bond acceptors (Lipinski definition) is 0. The van der Waals surface area contributed by atoms with Gasteiger partial charge in [0.15, 0.2) is 0 Å². The van der Waals surface area contributed by atoms with Crippen molar-refractivity contribution in [2.24, 2.45) is 0 Å². The number of benzene rings is 6. The summed E-state index contributed by atoms with van der Waals surface area (Å²) in [6.45, 7) is 6.80. The van der Waals surface area contributed by atoms with Crippen molar-refractivity contribution in [1.82, 2.24) is 9.13 Å². The summed E-state index contributed by atoms with van der Waals surface area (Å²) in [5, 5.41) is 2.45. The Balaban J connectivity index is 1.30. The molecule has 2 aromatic heterocycles. The van der Waals surface area contributed by atoms with Gasteiger partial charge in [0.05, 0.1) is 22.4 Å². The molecule has 0 fully saturated rings. The van der Waals surface area contributed by atoms with Crippen LogP contribution in [0.3, 0.4) is 0 Å². The molecule has 46 heavy (non-hydrogen) atoms. The van der Waals surface area contributed by atoms with Crippen LogP contribution >= 0.6 is 0 Å². The number of para-hydroxylation sites is 1. The SMILES string of the molecule is CC(C)(C)c1ccc(-n2c(-c3ccccc3)cc3ccc(-c4ccc5c(c4)cc(-c4ccccc4)n5-c4ccccc4)cc32)cc1. The van der Waals surface area contributed by atoms with Gasteiger partial charge in [-0.2, -0.15) is 0 Å². The van der Waals surface area contributed by atoms with E-state index >= 15 is 0 Å². The molecule has 0 aliphatic heterocycles. The maximum atomic E-state index is 2.42. The van der Waals surface area contributed by atoms with Crippen LogP contribution < -0.4 is 0 Å². The molecule has 0 bridgehead atoms. The molecule has 6 aromatic carbocycles. The highest BCUT2D eigenvalue weighted by atomic mass is 15.0. The van der Waals surface area contributed by atoms with Crippen LogP contribution in [0.25, 0.3) is 66.8 Å². The molecule has 0 amide bonds. The van der Waals surface area contributed by atoms with Crippen molar-refractivity contribution >= 4 is 21.8 Å². The minimum atomic E-state index is 0.102. The van der Waals surface area contributed by atoms with Crippen LogP contribution in [0.4, 0.5) is 0 Å². The van der Waals surface area contributed by atoms with Gasteiger partial charge in [-0.1, -0.05) is 130 Å². The van der Waals surface area contributed by atoms with E-state index in [-0.39, 0.29) is 5.41 Å². The summed E-state index contributed by atoms with van der Waals surface area (Å²) >= 11 is 0. The van der Waals surface area contributed by atoms with Gasteiger partial charge >= 0.3 is 0 Å². The van der Waals surface area contributed by atoms with Crippen LogP contribution in [0.15, 0.2) is 164 Å². The van der Waals surface area contributed by atoms with E-state index in [0.29, 0.717) is 0 Å². The van der Waals surface area contributed by atoms with Crippen LogP contribution in [0.1, 0.15) is 26.3 Å². The number of rotatable bonds is 5. The molecule has 2 nitrogen and oxygen atoms in total. The zero-order valence-corrected chi connectivity index (χ0v) is 26.5. The summed E-state index contributed by atoms with van der Waals surface area (Å²) < 4.78 is 4.79. The Kier molecular flexibility index (Phi) is 6.73. The van der Waals surface area contributed by atoms with E-state index in [0.717, 1.165) is 5.69 Å². The first-order chi connectivity index (χ1) is 22.4. The van der Waals surface area contributed by atoms with E-state index in [1.54, 1.807) is 0 Å². The van der Waals surface area contributed by atoms with Gasteiger partial charge in [-0.25, -0.2) is 0 Å². The van der Waals surface area contributed by atoms with Crippen LogP contribution in [0, 0.1) is 0 Å². The molecular formula is C44H36N2. The van der Waals surface area contributed by atoms with Crippen molar-refractivity contribution in [3.8, 4) is 45.0 Å². The molecule has 0 radical (unpaired) electrons. The fourth-order valence-electron chi connectivity index (χ4n) is 6.66. The van der Waals surface area contributed by atoms with Crippen molar-refractivity contribution in [3.63, 3.8) is 0 Å². The van der Waals surface area contributed by atoms with E-state index in [9.17, 15) is 0 Å². The van der Waals surface area contributed by atoms with Crippen molar-refractivity contribution < 1.29 is 0 Å². The maximum absolute atomic E-state index is 2.42. The van der Waals surface area contributed by atoms with Crippen molar-refractivity contribution in [2.75, 3.05) is 0 Å². The quantitative estimate of drug-likeness (QED) is 0.188. The molecule has 0 spiro atoms. The van der Waals surface area contributed by atoms with Crippen LogP contribution in [-0.4, -0.2) is 9.13 Å². The third kappa shape index (κ3) is 4.93. The summed E-state index contributed by atoms with van der Waals surface area (Å²) in [6, 6.07) is 59.5. The van der Waals surface area contributed by atoms with Gasteiger partial charge in [-0.3, -0.25) is 0 Å². The van der Waals surface area contributed by atoms with Crippen LogP contribution in [0.5, 0.6) is 0 Å². The van der Waals surface area contributed by atoms with Gasteiger partial charge in [0.2, 0.25) is 0 Å². The van der Waals surface area contributed by atoms with E-state index in [1.165, 1.54) is 66.7 Å². The highest BCUT2D eigenvalue weighted by Gasteiger charge is 2.18. The minimum absolute atomic E-state index is 0.102. The number of aromatic nitrogens is 2. The molecule has 2 heterocycles. The Morgan fingerprint density at radius 1 is 0.370 bits per heavy atom. The molecule has 2 heteroatoms. The van der Waals surface area contributed by atoms with Gasteiger partial charge in [0, 0.05) is 22.1 Å². The third-order valence-electron chi connectivity index (χ3n) is 9.08. The molecule has 0 saturated carbocycles. The molecule has 222 valence electrons. The van der Waals surface area contributed by atoms with E-state index in [2.05, 4.69) is 194 Å². The van der Waals surface area contributed by atoms with E-state index in [4.69, 9.17) is 0 Å². The van der Waals surface area contributed by atoms with E-state index in [1.807, 2.05) is 0 Å². The predicted octanol–water partition coefficient (Wildman–Crippen LogP) is 11.9. The Hall–Kier alpha value is -5.60. The molecule has 8 rings (SSSR count). The third-order valence-corrected chi connectivity index (χ3v) is 9.08. The second kappa shape index (κ2) is 11.1. The largest absolute Gasteiger partial charge is 0.309 e. The second-order valence-electron chi connectivity index (χ2n) is 13.1. The molecule has 0 N–H and O–H groups in total. The fourth-order valence-corrected chi connectivity index (χ4v) is 6.66. The number of nitrogens with zero attached hydrogens (tertiary/aromatic N) is 2. The average molecular weight is 593 g/mol. The lowest BCUT2D eigenvalue weighted by atomic mass is 9.87. The lowest BCUT2D eigenvalue weighted by Crippen LogP contribution is -2.10. The van der Waals surface area contributed by atoms with Crippen molar-refractivity contribution in [2.45, 2.75) is 26.2 Å². The number of hydrogen-bond donors (Lipinski definition) is 0. The molecule has 0 atom stereocenters. The van der Waals surface area contributed by atoms with Crippen LogP contribution in [0.2, 0.25) is 0 Å². The zero-order valence-electron chi connectivity index (χ0n) is 26.5. The highest BCUT2D eigenvalue weighted by molar-refractivity contribution is 5.95. The molecule has 0 aliphatic carbocycles. The average Bonchev–Trinajstić information content (AvgIpc) is 3.67. The lowest BCUT2D eigenvalue weighted by molar-refractivity contribution is 0.590. The molecule has 0 aliphatic rings. The smallest absolute Gasteiger partial charge is 0.0541 e. The summed E-state index contributed by atoms with van der Waals surface area (Å²) in [5.41, 5.74) is 13.4. The first kappa shape index (κ1) is 27.9. The second-order valence-corrected chi connectivity index (χ2v) is 13.1. The standard InChI is InChI=1S/C44H36N2/c1-44(2,3)37-22-24-39(25-23-37)46-41(31-13-7-4-8-14-31)29-35-20-19-34(28-43(35)46)33-21-26-40-36(27-33)30-42(32-15-9-5-10-16-32)45(40)38-17-11-6-12-18-38/h4-30H,1-3H3. The lowest BCUT2D eigenvalue weighted by Gasteiger charge is -2.20. The van der Waals surface area contributed by atoms with E-state index < -0.39 is 0 Å². The molecule has 0 saturated heterocycles. The fraction of sp³-hybridized carbons (Fsp3) is 0.0909. The number of fused-ring (bicyclic) bond motifs is 2.